The highest BCUT2D eigenvalue weighted by atomic mass is 16.3. The number of aliphatic hydroxyl groups is 1. The van der Waals surface area contributed by atoms with Gasteiger partial charge in [-0.3, -0.25) is 0 Å². The van der Waals surface area contributed by atoms with Crippen molar-refractivity contribution < 1.29 is 5.11 Å². The van der Waals surface area contributed by atoms with E-state index in [1.165, 1.54) is 37.7 Å². The zero-order valence-corrected chi connectivity index (χ0v) is 10.6. The fourth-order valence-corrected chi connectivity index (χ4v) is 2.54. The Labute approximate surface area is 94.6 Å². The first kappa shape index (κ1) is 12.8. The van der Waals surface area contributed by atoms with E-state index in [4.69, 9.17) is 0 Å². The van der Waals surface area contributed by atoms with Gasteiger partial charge in [-0.1, -0.05) is 32.3 Å². The zero-order valence-electron chi connectivity index (χ0n) is 10.6. The Balaban J connectivity index is 2.66. The summed E-state index contributed by atoms with van der Waals surface area (Å²) in [6.45, 7) is 6.45. The van der Waals surface area contributed by atoms with Crippen molar-refractivity contribution in [3.8, 4) is 0 Å². The molecule has 0 aromatic heterocycles. The van der Waals surface area contributed by atoms with Crippen LogP contribution in [0.25, 0.3) is 0 Å². The van der Waals surface area contributed by atoms with Crippen LogP contribution < -0.4 is 0 Å². The Morgan fingerprint density at radius 3 is 2.33 bits per heavy atom. The minimum absolute atomic E-state index is 0.488. The average Bonchev–Trinajstić information content (AvgIpc) is 2.48. The van der Waals surface area contributed by atoms with E-state index in [0.29, 0.717) is 0 Å². The minimum atomic E-state index is -0.488. The Morgan fingerprint density at radius 2 is 1.73 bits per heavy atom. The Hall–Kier alpha value is -0.300. The van der Waals surface area contributed by atoms with Crippen molar-refractivity contribution in [2.75, 3.05) is 0 Å². The van der Waals surface area contributed by atoms with Gasteiger partial charge in [-0.05, 0) is 51.0 Å². The molecule has 0 saturated carbocycles. The first-order valence-electron chi connectivity index (χ1n) is 6.55. The summed E-state index contributed by atoms with van der Waals surface area (Å²) >= 11 is 0. The van der Waals surface area contributed by atoms with Crippen molar-refractivity contribution in [2.24, 2.45) is 0 Å². The third-order valence-corrected chi connectivity index (χ3v) is 3.60. The van der Waals surface area contributed by atoms with E-state index in [2.05, 4.69) is 13.8 Å². The van der Waals surface area contributed by atoms with Gasteiger partial charge >= 0.3 is 0 Å². The van der Waals surface area contributed by atoms with E-state index in [0.717, 1.165) is 19.3 Å². The lowest BCUT2D eigenvalue weighted by atomic mass is 9.92. The highest BCUT2D eigenvalue weighted by Crippen LogP contribution is 2.40. The molecule has 88 valence electrons. The highest BCUT2D eigenvalue weighted by molar-refractivity contribution is 5.29. The van der Waals surface area contributed by atoms with Gasteiger partial charge in [-0.15, -0.1) is 0 Å². The van der Waals surface area contributed by atoms with Gasteiger partial charge in [0.05, 0.1) is 5.60 Å². The molecule has 15 heavy (non-hydrogen) atoms. The maximum Gasteiger partial charge on any atom is 0.0834 e. The molecule has 1 aliphatic carbocycles. The van der Waals surface area contributed by atoms with Crippen LogP contribution in [0.15, 0.2) is 11.1 Å². The summed E-state index contributed by atoms with van der Waals surface area (Å²) in [6, 6.07) is 0. The zero-order chi connectivity index (χ0) is 11.3. The van der Waals surface area contributed by atoms with Crippen molar-refractivity contribution in [3.05, 3.63) is 11.1 Å². The second-order valence-corrected chi connectivity index (χ2v) is 5.06. The molecule has 0 spiro atoms. The van der Waals surface area contributed by atoms with Crippen molar-refractivity contribution in [2.45, 2.75) is 77.7 Å². The molecule has 1 aliphatic rings. The fraction of sp³-hybridized carbons (Fsp3) is 0.857. The van der Waals surface area contributed by atoms with E-state index in [1.807, 2.05) is 6.92 Å². The third-order valence-electron chi connectivity index (χ3n) is 3.60. The molecular weight excluding hydrogens is 184 g/mol. The molecule has 1 N–H and O–H groups in total. The Kier molecular flexibility index (Phi) is 4.85. The van der Waals surface area contributed by atoms with E-state index >= 15 is 0 Å². The Bertz CT molecular complexity index is 225. The summed E-state index contributed by atoms with van der Waals surface area (Å²) in [7, 11) is 0. The van der Waals surface area contributed by atoms with Crippen LogP contribution in [-0.2, 0) is 0 Å². The van der Waals surface area contributed by atoms with Crippen LogP contribution in [0.5, 0.6) is 0 Å². The molecule has 1 rings (SSSR count). The molecule has 1 nitrogen and oxygen atoms in total. The average molecular weight is 210 g/mol. The van der Waals surface area contributed by atoms with Gasteiger partial charge < -0.3 is 5.11 Å². The molecule has 0 fully saturated rings. The number of allylic oxidation sites excluding steroid dienone is 1. The summed E-state index contributed by atoms with van der Waals surface area (Å²) in [5.41, 5.74) is 2.45. The molecule has 0 aromatic carbocycles. The van der Waals surface area contributed by atoms with Crippen LogP contribution in [0.4, 0.5) is 0 Å². The standard InChI is InChI=1S/C14H26O/c1-4-6-8-12-10-11-14(3,15)13(12)9-7-5-2/h15H,4-11H2,1-3H3. The summed E-state index contributed by atoms with van der Waals surface area (Å²) in [5.74, 6) is 0. The molecule has 0 radical (unpaired) electrons. The number of rotatable bonds is 6. The van der Waals surface area contributed by atoms with E-state index in [9.17, 15) is 5.11 Å². The second-order valence-electron chi connectivity index (χ2n) is 5.06. The topological polar surface area (TPSA) is 20.2 Å². The summed E-state index contributed by atoms with van der Waals surface area (Å²) in [6.07, 6.45) is 9.39. The lowest BCUT2D eigenvalue weighted by Crippen LogP contribution is -2.23. The molecule has 0 amide bonds. The first-order chi connectivity index (χ1) is 7.11. The minimum Gasteiger partial charge on any atom is -0.386 e. The lowest BCUT2D eigenvalue weighted by Gasteiger charge is -2.21. The summed E-state index contributed by atoms with van der Waals surface area (Å²) in [4.78, 5) is 0. The van der Waals surface area contributed by atoms with Crippen LogP contribution >= 0.6 is 0 Å². The molecule has 0 aliphatic heterocycles. The van der Waals surface area contributed by atoms with Crippen LogP contribution in [0.3, 0.4) is 0 Å². The second kappa shape index (κ2) is 5.69. The SMILES string of the molecule is CCCCC1=C(CCCC)C(C)(O)CC1. The van der Waals surface area contributed by atoms with Gasteiger partial charge in [0, 0.05) is 0 Å². The maximum atomic E-state index is 10.3. The third kappa shape index (κ3) is 3.34. The number of hydrogen-bond donors (Lipinski definition) is 1. The van der Waals surface area contributed by atoms with Crippen molar-refractivity contribution in [3.63, 3.8) is 0 Å². The first-order valence-corrected chi connectivity index (χ1v) is 6.55. The molecule has 0 bridgehead atoms. The van der Waals surface area contributed by atoms with Gasteiger partial charge in [-0.2, -0.15) is 0 Å². The predicted octanol–water partition coefficient (Wildman–Crippen LogP) is 4.21. The van der Waals surface area contributed by atoms with Gasteiger partial charge in [0.15, 0.2) is 0 Å². The van der Waals surface area contributed by atoms with Crippen molar-refractivity contribution in [1.82, 2.24) is 0 Å². The van der Waals surface area contributed by atoms with Crippen molar-refractivity contribution >= 4 is 0 Å². The normalized spacial score (nSPS) is 26.4. The molecule has 0 heterocycles. The summed E-state index contributed by atoms with van der Waals surface area (Å²) in [5, 5.41) is 10.3. The van der Waals surface area contributed by atoms with Gasteiger partial charge in [-0.25, -0.2) is 0 Å². The lowest BCUT2D eigenvalue weighted by molar-refractivity contribution is 0.0960. The fourth-order valence-electron chi connectivity index (χ4n) is 2.54. The van der Waals surface area contributed by atoms with E-state index < -0.39 is 5.60 Å². The molecular formula is C14H26O. The molecule has 0 saturated heterocycles. The Morgan fingerprint density at radius 1 is 1.13 bits per heavy atom. The van der Waals surface area contributed by atoms with E-state index in [-0.39, 0.29) is 0 Å². The number of unbranched alkanes of at least 4 members (excludes halogenated alkanes) is 2. The predicted molar refractivity (Wildman–Crippen MR) is 65.9 cm³/mol. The van der Waals surface area contributed by atoms with Crippen LogP contribution in [0, 0.1) is 0 Å². The van der Waals surface area contributed by atoms with Crippen LogP contribution in [0.1, 0.15) is 72.1 Å². The molecule has 0 aromatic rings. The van der Waals surface area contributed by atoms with Crippen LogP contribution in [0.2, 0.25) is 0 Å². The highest BCUT2D eigenvalue weighted by Gasteiger charge is 2.33. The molecule has 1 heteroatoms. The van der Waals surface area contributed by atoms with Gasteiger partial charge in [0.1, 0.15) is 0 Å². The monoisotopic (exact) mass is 210 g/mol. The smallest absolute Gasteiger partial charge is 0.0834 e. The molecule has 1 unspecified atom stereocenters. The van der Waals surface area contributed by atoms with Gasteiger partial charge in [0.2, 0.25) is 0 Å². The van der Waals surface area contributed by atoms with Crippen LogP contribution in [-0.4, -0.2) is 10.7 Å². The van der Waals surface area contributed by atoms with Crippen molar-refractivity contribution in [1.29, 1.82) is 0 Å². The summed E-state index contributed by atoms with van der Waals surface area (Å²) < 4.78 is 0. The largest absolute Gasteiger partial charge is 0.386 e. The quantitative estimate of drug-likeness (QED) is 0.651. The van der Waals surface area contributed by atoms with E-state index in [1.54, 1.807) is 5.57 Å². The van der Waals surface area contributed by atoms with Gasteiger partial charge in [0.25, 0.3) is 0 Å². The maximum absolute atomic E-state index is 10.3. The number of hydrogen-bond acceptors (Lipinski definition) is 1. The molecule has 1 atom stereocenters.